The Kier molecular flexibility index (Phi) is 5.63. The Morgan fingerprint density at radius 1 is 1.42 bits per heavy atom. The van der Waals surface area contributed by atoms with Gasteiger partial charge in [-0.1, -0.05) is 54.6 Å². The first-order chi connectivity index (χ1) is 9.15. The minimum Gasteiger partial charge on any atom is -0.312 e. The van der Waals surface area contributed by atoms with E-state index in [-0.39, 0.29) is 0 Å². The van der Waals surface area contributed by atoms with Crippen molar-refractivity contribution in [3.8, 4) is 0 Å². The van der Waals surface area contributed by atoms with Crippen molar-refractivity contribution in [3.05, 3.63) is 34.3 Å². The minimum absolute atomic E-state index is 0.655. The maximum absolute atomic E-state index is 6.30. The van der Waals surface area contributed by atoms with Crippen LogP contribution in [0.2, 0.25) is 5.02 Å². The molecule has 0 aliphatic rings. The zero-order chi connectivity index (χ0) is 13.7. The smallest absolute Gasteiger partial charge is 0.178 e. The summed E-state index contributed by atoms with van der Waals surface area (Å²) < 4.78 is 0.910. The zero-order valence-electron chi connectivity index (χ0n) is 10.9. The summed E-state index contributed by atoms with van der Waals surface area (Å²) in [4.78, 5) is 1.02. The Hall–Kier alpha value is -0.620. The summed E-state index contributed by atoms with van der Waals surface area (Å²) in [6.45, 7) is 6.25. The molecule has 3 nitrogen and oxygen atoms in total. The molecular weight excluding hydrogens is 298 g/mol. The lowest BCUT2D eigenvalue weighted by Gasteiger charge is -2.09. The highest BCUT2D eigenvalue weighted by molar-refractivity contribution is 8.01. The van der Waals surface area contributed by atoms with E-state index < -0.39 is 0 Å². The van der Waals surface area contributed by atoms with Crippen molar-refractivity contribution in [2.75, 3.05) is 6.54 Å². The average molecular weight is 314 g/mol. The van der Waals surface area contributed by atoms with Crippen LogP contribution in [-0.4, -0.2) is 16.7 Å². The fourth-order valence-corrected chi connectivity index (χ4v) is 3.30. The van der Waals surface area contributed by atoms with Crippen LogP contribution in [-0.2, 0) is 6.54 Å². The fraction of sp³-hybridized carbons (Fsp3) is 0.385. The van der Waals surface area contributed by atoms with E-state index in [9.17, 15) is 0 Å². The summed E-state index contributed by atoms with van der Waals surface area (Å²) in [5, 5.41) is 12.0. The molecule has 0 amide bonds. The van der Waals surface area contributed by atoms with Gasteiger partial charge in [-0.3, -0.25) is 0 Å². The molecule has 0 aliphatic heterocycles. The summed E-state index contributed by atoms with van der Waals surface area (Å²) >= 11 is 9.36. The Morgan fingerprint density at radius 3 is 2.89 bits per heavy atom. The molecule has 6 heteroatoms. The van der Waals surface area contributed by atoms with E-state index in [1.54, 1.807) is 17.3 Å². The molecule has 1 aromatic heterocycles. The van der Waals surface area contributed by atoms with Gasteiger partial charge in [-0.25, -0.2) is 0 Å². The second-order valence-corrected chi connectivity index (χ2v) is 7.13. The van der Waals surface area contributed by atoms with Gasteiger partial charge < -0.3 is 5.32 Å². The van der Waals surface area contributed by atoms with E-state index in [4.69, 9.17) is 11.6 Å². The monoisotopic (exact) mass is 313 g/mol. The van der Waals surface area contributed by atoms with Crippen molar-refractivity contribution in [2.24, 2.45) is 5.92 Å². The molecule has 1 aromatic carbocycles. The molecule has 102 valence electrons. The Balaban J connectivity index is 1.97. The summed E-state index contributed by atoms with van der Waals surface area (Å²) in [6, 6.07) is 6.15. The molecule has 19 heavy (non-hydrogen) atoms. The van der Waals surface area contributed by atoms with Crippen molar-refractivity contribution in [2.45, 2.75) is 29.6 Å². The van der Waals surface area contributed by atoms with Crippen LogP contribution in [0.3, 0.4) is 0 Å². The SMILES string of the molecule is CC(C)CNCc1ccc(Sc2nncs2)c(Cl)c1. The summed E-state index contributed by atoms with van der Waals surface area (Å²) in [5.41, 5.74) is 2.92. The molecule has 1 N–H and O–H groups in total. The van der Waals surface area contributed by atoms with Gasteiger partial charge in [0.15, 0.2) is 4.34 Å². The van der Waals surface area contributed by atoms with Crippen LogP contribution in [0, 0.1) is 5.92 Å². The second-order valence-electron chi connectivity index (χ2n) is 4.60. The van der Waals surface area contributed by atoms with E-state index >= 15 is 0 Å². The molecule has 2 aromatic rings. The first-order valence-corrected chi connectivity index (χ1v) is 8.15. The average Bonchev–Trinajstić information content (AvgIpc) is 2.85. The fourth-order valence-electron chi connectivity index (χ4n) is 1.54. The Morgan fingerprint density at radius 2 is 2.26 bits per heavy atom. The van der Waals surface area contributed by atoms with E-state index in [0.717, 1.165) is 27.3 Å². The highest BCUT2D eigenvalue weighted by Crippen LogP contribution is 2.34. The molecule has 1 heterocycles. The molecule has 0 saturated heterocycles. The highest BCUT2D eigenvalue weighted by Gasteiger charge is 2.06. The maximum atomic E-state index is 6.30. The van der Waals surface area contributed by atoms with Gasteiger partial charge >= 0.3 is 0 Å². The number of nitrogens with one attached hydrogen (secondary N) is 1. The first-order valence-electron chi connectivity index (χ1n) is 6.08. The molecule has 0 saturated carbocycles. The van der Waals surface area contributed by atoms with E-state index in [1.807, 2.05) is 12.1 Å². The van der Waals surface area contributed by atoms with Gasteiger partial charge in [0.2, 0.25) is 0 Å². The lowest BCUT2D eigenvalue weighted by atomic mass is 10.2. The number of hydrogen-bond acceptors (Lipinski definition) is 5. The minimum atomic E-state index is 0.655. The van der Waals surface area contributed by atoms with Gasteiger partial charge in [0, 0.05) is 11.4 Å². The molecule has 0 fully saturated rings. The van der Waals surface area contributed by atoms with Crippen molar-refractivity contribution in [1.29, 1.82) is 0 Å². The van der Waals surface area contributed by atoms with Crippen LogP contribution in [0.4, 0.5) is 0 Å². The van der Waals surface area contributed by atoms with Crippen molar-refractivity contribution < 1.29 is 0 Å². The number of hydrogen-bond donors (Lipinski definition) is 1. The third-order valence-electron chi connectivity index (χ3n) is 2.42. The van der Waals surface area contributed by atoms with Crippen LogP contribution < -0.4 is 5.32 Å². The number of rotatable bonds is 6. The molecule has 2 rings (SSSR count). The topological polar surface area (TPSA) is 37.8 Å². The van der Waals surface area contributed by atoms with Gasteiger partial charge in [0.05, 0.1) is 5.02 Å². The second kappa shape index (κ2) is 7.24. The summed E-state index contributed by atoms with van der Waals surface area (Å²) in [7, 11) is 0. The maximum Gasteiger partial charge on any atom is 0.178 e. The lowest BCUT2D eigenvalue weighted by molar-refractivity contribution is 0.552. The molecule has 0 bridgehead atoms. The third-order valence-corrected chi connectivity index (χ3v) is 4.69. The molecular formula is C13H16ClN3S2. The number of benzene rings is 1. The van der Waals surface area contributed by atoms with Crippen LogP contribution >= 0.6 is 34.7 Å². The molecule has 0 aliphatic carbocycles. The largest absolute Gasteiger partial charge is 0.312 e. The first kappa shape index (κ1) is 14.8. The Bertz CT molecular complexity index is 515. The van der Waals surface area contributed by atoms with Crippen LogP contribution in [0.25, 0.3) is 0 Å². The molecule has 0 atom stereocenters. The van der Waals surface area contributed by atoms with Gasteiger partial charge in [-0.05, 0) is 30.2 Å². The standard InChI is InChI=1S/C13H16ClN3S2/c1-9(2)6-15-7-10-3-4-12(11(14)5-10)19-13-17-16-8-18-13/h3-5,8-9,15H,6-7H2,1-2H3. The van der Waals surface area contributed by atoms with Gasteiger partial charge in [0.1, 0.15) is 5.51 Å². The van der Waals surface area contributed by atoms with E-state index in [1.165, 1.54) is 16.9 Å². The van der Waals surface area contributed by atoms with Crippen LogP contribution in [0.5, 0.6) is 0 Å². The van der Waals surface area contributed by atoms with Gasteiger partial charge in [-0.15, -0.1) is 10.2 Å². The van der Waals surface area contributed by atoms with Crippen molar-refractivity contribution in [3.63, 3.8) is 0 Å². The van der Waals surface area contributed by atoms with Gasteiger partial charge in [0.25, 0.3) is 0 Å². The van der Waals surface area contributed by atoms with Crippen molar-refractivity contribution >= 4 is 34.7 Å². The van der Waals surface area contributed by atoms with Gasteiger partial charge in [-0.2, -0.15) is 0 Å². The van der Waals surface area contributed by atoms with E-state index in [2.05, 4.69) is 35.4 Å². The lowest BCUT2D eigenvalue weighted by Crippen LogP contribution is -2.18. The number of nitrogens with zero attached hydrogens (tertiary/aromatic N) is 2. The highest BCUT2D eigenvalue weighted by atomic mass is 35.5. The predicted molar refractivity (Wildman–Crippen MR) is 82.0 cm³/mol. The number of aromatic nitrogens is 2. The Labute approximate surface area is 126 Å². The normalized spacial score (nSPS) is 11.2. The molecule has 0 radical (unpaired) electrons. The number of halogens is 1. The predicted octanol–water partition coefficient (Wildman–Crippen LogP) is 4.09. The summed E-state index contributed by atoms with van der Waals surface area (Å²) in [5.74, 6) is 0.655. The van der Waals surface area contributed by atoms with Crippen LogP contribution in [0.1, 0.15) is 19.4 Å². The van der Waals surface area contributed by atoms with Crippen molar-refractivity contribution in [1.82, 2.24) is 15.5 Å². The zero-order valence-corrected chi connectivity index (χ0v) is 13.3. The van der Waals surface area contributed by atoms with E-state index in [0.29, 0.717) is 5.92 Å². The summed E-state index contributed by atoms with van der Waals surface area (Å²) in [6.07, 6.45) is 0. The third kappa shape index (κ3) is 4.76. The quantitative estimate of drug-likeness (QED) is 0.871. The van der Waals surface area contributed by atoms with Crippen LogP contribution in [0.15, 0.2) is 32.9 Å². The molecule has 0 spiro atoms. The molecule has 0 unspecified atom stereocenters.